The second-order valence-corrected chi connectivity index (χ2v) is 3.37. The summed E-state index contributed by atoms with van der Waals surface area (Å²) in [6, 6.07) is 4.77. The van der Waals surface area contributed by atoms with E-state index < -0.39 is 11.8 Å². The Balaban J connectivity index is 2.44. The van der Waals surface area contributed by atoms with Crippen LogP contribution in [0.1, 0.15) is 16.1 Å². The number of carboxylic acids is 1. The SMILES string of the molecule is N#Cc1nccnc1Oc1ccc(F)cc1C(=O)O. The highest BCUT2D eigenvalue weighted by Crippen LogP contribution is 2.26. The number of nitriles is 1. The zero-order valence-electron chi connectivity index (χ0n) is 9.37. The van der Waals surface area contributed by atoms with Crippen LogP contribution in [0.15, 0.2) is 30.6 Å². The van der Waals surface area contributed by atoms with Crippen molar-refractivity contribution in [3.63, 3.8) is 0 Å². The first-order valence-electron chi connectivity index (χ1n) is 5.03. The molecule has 0 amide bonds. The fraction of sp³-hybridized carbons (Fsp3) is 0. The van der Waals surface area contributed by atoms with Crippen molar-refractivity contribution >= 4 is 5.97 Å². The average Bonchev–Trinajstić information content (AvgIpc) is 2.41. The lowest BCUT2D eigenvalue weighted by Crippen LogP contribution is -2.02. The number of halogens is 1. The number of ether oxygens (including phenoxy) is 1. The molecule has 2 rings (SSSR count). The van der Waals surface area contributed by atoms with Gasteiger partial charge in [0.25, 0.3) is 5.88 Å². The van der Waals surface area contributed by atoms with Gasteiger partial charge in [0.05, 0.1) is 0 Å². The molecule has 1 aromatic carbocycles. The number of benzene rings is 1. The number of carboxylic acid groups (broad SMARTS) is 1. The minimum Gasteiger partial charge on any atom is -0.478 e. The third-order valence-electron chi connectivity index (χ3n) is 2.15. The third-order valence-corrected chi connectivity index (χ3v) is 2.15. The van der Waals surface area contributed by atoms with E-state index in [9.17, 15) is 9.18 Å². The molecule has 1 aromatic heterocycles. The van der Waals surface area contributed by atoms with E-state index in [2.05, 4.69) is 9.97 Å². The highest BCUT2D eigenvalue weighted by Gasteiger charge is 2.15. The number of carbonyl (C=O) groups is 1. The summed E-state index contributed by atoms with van der Waals surface area (Å²) in [7, 11) is 0. The van der Waals surface area contributed by atoms with E-state index in [0.717, 1.165) is 18.2 Å². The van der Waals surface area contributed by atoms with Crippen LogP contribution in [0.5, 0.6) is 11.6 Å². The maximum Gasteiger partial charge on any atom is 0.339 e. The number of hydrogen-bond acceptors (Lipinski definition) is 5. The van der Waals surface area contributed by atoms with Crippen LogP contribution in [0.2, 0.25) is 0 Å². The lowest BCUT2D eigenvalue weighted by atomic mass is 10.2. The Morgan fingerprint density at radius 1 is 1.37 bits per heavy atom. The van der Waals surface area contributed by atoms with Gasteiger partial charge >= 0.3 is 5.97 Å². The molecule has 0 saturated heterocycles. The van der Waals surface area contributed by atoms with Crippen molar-refractivity contribution in [1.29, 1.82) is 5.26 Å². The number of rotatable bonds is 3. The second-order valence-electron chi connectivity index (χ2n) is 3.37. The van der Waals surface area contributed by atoms with Gasteiger partial charge in [0.1, 0.15) is 23.2 Å². The minimum absolute atomic E-state index is 0.0943. The van der Waals surface area contributed by atoms with E-state index >= 15 is 0 Å². The number of nitrogens with zero attached hydrogens (tertiary/aromatic N) is 3. The molecule has 0 aliphatic carbocycles. The van der Waals surface area contributed by atoms with Gasteiger partial charge in [-0.3, -0.25) is 0 Å². The van der Waals surface area contributed by atoms with E-state index in [0.29, 0.717) is 0 Å². The van der Waals surface area contributed by atoms with Gasteiger partial charge in [-0.25, -0.2) is 19.2 Å². The molecule has 0 unspecified atom stereocenters. The van der Waals surface area contributed by atoms with Crippen LogP contribution in [0.25, 0.3) is 0 Å². The Bertz CT molecular complexity index is 682. The fourth-order valence-electron chi connectivity index (χ4n) is 1.34. The quantitative estimate of drug-likeness (QED) is 0.905. The second kappa shape index (κ2) is 5.10. The van der Waals surface area contributed by atoms with E-state index in [1.807, 2.05) is 0 Å². The van der Waals surface area contributed by atoms with Crippen LogP contribution in [0.4, 0.5) is 4.39 Å². The molecule has 7 heteroatoms. The molecule has 94 valence electrons. The van der Waals surface area contributed by atoms with Crippen LogP contribution in [-0.2, 0) is 0 Å². The molecular weight excluding hydrogens is 253 g/mol. The van der Waals surface area contributed by atoms with Gasteiger partial charge in [0.2, 0.25) is 5.69 Å². The summed E-state index contributed by atoms with van der Waals surface area (Å²) in [6.07, 6.45) is 2.59. The first kappa shape index (κ1) is 12.4. The van der Waals surface area contributed by atoms with Crippen molar-refractivity contribution in [2.24, 2.45) is 0 Å². The van der Waals surface area contributed by atoms with Crippen LogP contribution in [0.3, 0.4) is 0 Å². The third kappa shape index (κ3) is 2.63. The largest absolute Gasteiger partial charge is 0.478 e. The zero-order valence-corrected chi connectivity index (χ0v) is 9.37. The molecule has 0 aliphatic rings. The van der Waals surface area contributed by atoms with Crippen molar-refractivity contribution in [1.82, 2.24) is 9.97 Å². The lowest BCUT2D eigenvalue weighted by molar-refractivity contribution is 0.0693. The summed E-state index contributed by atoms with van der Waals surface area (Å²) in [5.74, 6) is -2.31. The van der Waals surface area contributed by atoms with Crippen molar-refractivity contribution in [2.45, 2.75) is 0 Å². The molecule has 0 fully saturated rings. The molecule has 0 atom stereocenters. The number of aromatic nitrogens is 2. The summed E-state index contributed by atoms with van der Waals surface area (Å²) in [6.45, 7) is 0. The topological polar surface area (TPSA) is 96.1 Å². The molecule has 0 saturated carbocycles. The molecule has 0 aliphatic heterocycles. The summed E-state index contributed by atoms with van der Waals surface area (Å²) in [5.41, 5.74) is -0.460. The molecule has 1 N–H and O–H groups in total. The average molecular weight is 259 g/mol. The van der Waals surface area contributed by atoms with Crippen LogP contribution in [0, 0.1) is 17.1 Å². The van der Waals surface area contributed by atoms with E-state index in [1.165, 1.54) is 12.4 Å². The Labute approximate surface area is 106 Å². The summed E-state index contributed by atoms with van der Waals surface area (Å²) >= 11 is 0. The molecule has 6 nitrogen and oxygen atoms in total. The first-order valence-corrected chi connectivity index (χ1v) is 5.03. The van der Waals surface area contributed by atoms with Crippen LogP contribution >= 0.6 is 0 Å². The van der Waals surface area contributed by atoms with Gasteiger partial charge < -0.3 is 9.84 Å². The number of hydrogen-bond donors (Lipinski definition) is 1. The number of aromatic carboxylic acids is 1. The van der Waals surface area contributed by atoms with E-state index in [1.54, 1.807) is 6.07 Å². The Morgan fingerprint density at radius 2 is 2.11 bits per heavy atom. The van der Waals surface area contributed by atoms with Crippen molar-refractivity contribution < 1.29 is 19.0 Å². The molecule has 2 aromatic rings. The van der Waals surface area contributed by atoms with Crippen molar-refractivity contribution in [2.75, 3.05) is 0 Å². The molecular formula is C12H6FN3O3. The van der Waals surface area contributed by atoms with Crippen molar-refractivity contribution in [3.8, 4) is 17.7 Å². The fourth-order valence-corrected chi connectivity index (χ4v) is 1.34. The van der Waals surface area contributed by atoms with Gasteiger partial charge in [-0.1, -0.05) is 0 Å². The van der Waals surface area contributed by atoms with E-state index in [-0.39, 0.29) is 22.9 Å². The van der Waals surface area contributed by atoms with Gasteiger partial charge in [-0.15, -0.1) is 0 Å². The minimum atomic E-state index is -1.35. The Kier molecular flexibility index (Phi) is 3.34. The maximum atomic E-state index is 13.0. The first-order chi connectivity index (χ1) is 9.11. The summed E-state index contributed by atoms with van der Waals surface area (Å²) < 4.78 is 18.2. The molecule has 0 radical (unpaired) electrons. The predicted molar refractivity (Wildman–Crippen MR) is 60.2 cm³/mol. The van der Waals surface area contributed by atoms with Gasteiger partial charge in [0.15, 0.2) is 0 Å². The monoisotopic (exact) mass is 259 g/mol. The van der Waals surface area contributed by atoms with Crippen LogP contribution in [-0.4, -0.2) is 21.0 Å². The van der Waals surface area contributed by atoms with Crippen LogP contribution < -0.4 is 4.74 Å². The van der Waals surface area contributed by atoms with Gasteiger partial charge in [0, 0.05) is 12.4 Å². The standard InChI is InChI=1S/C12H6FN3O3/c13-7-1-2-10(8(5-7)12(17)18)19-11-9(6-14)15-3-4-16-11/h1-5H,(H,17,18). The van der Waals surface area contributed by atoms with E-state index in [4.69, 9.17) is 15.1 Å². The highest BCUT2D eigenvalue weighted by atomic mass is 19.1. The smallest absolute Gasteiger partial charge is 0.339 e. The van der Waals surface area contributed by atoms with Crippen molar-refractivity contribution in [3.05, 3.63) is 47.7 Å². The molecule has 19 heavy (non-hydrogen) atoms. The van der Waals surface area contributed by atoms with Gasteiger partial charge in [-0.05, 0) is 18.2 Å². The molecule has 0 bridgehead atoms. The van der Waals surface area contributed by atoms with Gasteiger partial charge in [-0.2, -0.15) is 5.26 Å². The summed E-state index contributed by atoms with van der Waals surface area (Å²) in [5, 5.41) is 17.8. The Morgan fingerprint density at radius 3 is 2.79 bits per heavy atom. The maximum absolute atomic E-state index is 13.0. The summed E-state index contributed by atoms with van der Waals surface area (Å²) in [4.78, 5) is 18.5. The lowest BCUT2D eigenvalue weighted by Gasteiger charge is -2.08. The normalized spacial score (nSPS) is 9.68. The molecule has 1 heterocycles. The molecule has 0 spiro atoms. The zero-order chi connectivity index (χ0) is 13.8. The highest BCUT2D eigenvalue weighted by molar-refractivity contribution is 5.91. The Hall–Kier alpha value is -3.01. The predicted octanol–water partition coefficient (Wildman–Crippen LogP) is 1.98.